The summed E-state index contributed by atoms with van der Waals surface area (Å²) in [4.78, 5) is 33.6. The van der Waals surface area contributed by atoms with E-state index in [9.17, 15) is 14.0 Å². The molecule has 0 radical (unpaired) electrons. The van der Waals surface area contributed by atoms with Crippen LogP contribution in [-0.4, -0.2) is 50.5 Å². The summed E-state index contributed by atoms with van der Waals surface area (Å²) in [7, 11) is 0. The Kier molecular flexibility index (Phi) is 4.95. The molecule has 3 heterocycles. The topological polar surface area (TPSA) is 91.0 Å². The largest absolute Gasteiger partial charge is 0.349 e. The number of carbonyl (C=O) groups is 2. The standard InChI is InChI=1S/C25H22FN5O2S/c1-13-28-22(23(34-13)14-5-4-6-16(26)9-14)25(33)31-17(10-15-11-20(15)31)12-27-24(32)21-18-7-2-3-8-19(18)29-30-21/h2-9,15,17,20H,10-12H2,1H3,(H,27,32)(H,29,30)/t15?,17-,20?/m0/s1. The third-order valence-corrected chi connectivity index (χ3v) is 7.67. The smallest absolute Gasteiger partial charge is 0.274 e. The molecule has 9 heteroatoms. The maximum atomic E-state index is 13.9. The van der Waals surface area contributed by atoms with Gasteiger partial charge in [-0.1, -0.05) is 30.3 Å². The third-order valence-electron chi connectivity index (χ3n) is 6.65. The molecule has 172 valence electrons. The number of para-hydroxylation sites is 1. The van der Waals surface area contributed by atoms with E-state index in [1.807, 2.05) is 36.1 Å². The fourth-order valence-electron chi connectivity index (χ4n) is 5.01. The Morgan fingerprint density at radius 1 is 1.18 bits per heavy atom. The Bertz CT molecular complexity index is 1430. The minimum absolute atomic E-state index is 0.118. The third kappa shape index (κ3) is 3.56. The van der Waals surface area contributed by atoms with Gasteiger partial charge in [0.1, 0.15) is 11.5 Å². The molecule has 1 aliphatic carbocycles. The number of nitrogens with one attached hydrogen (secondary N) is 2. The number of hydrogen-bond acceptors (Lipinski definition) is 5. The number of H-pyrrole nitrogens is 1. The summed E-state index contributed by atoms with van der Waals surface area (Å²) in [6.45, 7) is 2.19. The Balaban J connectivity index is 1.23. The molecule has 6 rings (SSSR count). The molecule has 2 aromatic carbocycles. The van der Waals surface area contributed by atoms with Crippen molar-refractivity contribution in [3.8, 4) is 10.4 Å². The van der Waals surface area contributed by atoms with Crippen LogP contribution in [0.15, 0.2) is 48.5 Å². The summed E-state index contributed by atoms with van der Waals surface area (Å²) < 4.78 is 13.9. The fraction of sp³-hybridized carbons (Fsp3) is 0.280. The molecule has 2 amide bonds. The molecule has 0 spiro atoms. The second-order valence-electron chi connectivity index (χ2n) is 8.91. The minimum atomic E-state index is -0.350. The van der Waals surface area contributed by atoms with E-state index in [1.165, 1.54) is 23.5 Å². The number of carbonyl (C=O) groups excluding carboxylic acids is 2. The number of aryl methyl sites for hydroxylation is 1. The van der Waals surface area contributed by atoms with Crippen LogP contribution in [0.3, 0.4) is 0 Å². The number of rotatable bonds is 5. The maximum Gasteiger partial charge on any atom is 0.274 e. The summed E-state index contributed by atoms with van der Waals surface area (Å²) in [5.41, 5.74) is 2.15. The lowest BCUT2D eigenvalue weighted by Gasteiger charge is -2.27. The summed E-state index contributed by atoms with van der Waals surface area (Å²) in [6, 6.07) is 13.8. The molecule has 1 saturated heterocycles. The molecule has 1 saturated carbocycles. The first-order valence-corrected chi connectivity index (χ1v) is 12.1. The molecule has 2 N–H and O–H groups in total. The summed E-state index contributed by atoms with van der Waals surface area (Å²) in [5.74, 6) is -0.320. The molecule has 1 aliphatic heterocycles. The first kappa shape index (κ1) is 21.0. The SMILES string of the molecule is Cc1nc(C(=O)N2C3CC3C[C@H]2CNC(=O)c2n[nH]c3ccccc23)c(-c2cccc(F)c2)s1. The van der Waals surface area contributed by atoms with Crippen molar-refractivity contribution in [3.63, 3.8) is 0 Å². The molecule has 4 aromatic rings. The van der Waals surface area contributed by atoms with Gasteiger partial charge < -0.3 is 10.2 Å². The number of aromatic nitrogens is 3. The number of amides is 2. The molecule has 2 aromatic heterocycles. The number of likely N-dealkylation sites (tertiary alicyclic amines) is 1. The Morgan fingerprint density at radius 2 is 2.03 bits per heavy atom. The second kappa shape index (κ2) is 8.02. The van der Waals surface area contributed by atoms with Gasteiger partial charge in [0.25, 0.3) is 11.8 Å². The van der Waals surface area contributed by atoms with Gasteiger partial charge in [0, 0.05) is 18.0 Å². The average Bonchev–Trinajstić information content (AvgIpc) is 3.17. The van der Waals surface area contributed by atoms with E-state index in [-0.39, 0.29) is 29.7 Å². The van der Waals surface area contributed by atoms with Gasteiger partial charge in [0.2, 0.25) is 0 Å². The zero-order valence-electron chi connectivity index (χ0n) is 18.4. The maximum absolute atomic E-state index is 13.9. The van der Waals surface area contributed by atoms with Gasteiger partial charge in [-0.15, -0.1) is 11.3 Å². The molecule has 0 bridgehead atoms. The number of benzene rings is 2. The van der Waals surface area contributed by atoms with E-state index in [0.717, 1.165) is 28.8 Å². The lowest BCUT2D eigenvalue weighted by atomic mass is 10.1. The number of thiazole rings is 1. The van der Waals surface area contributed by atoms with Gasteiger partial charge in [-0.25, -0.2) is 9.37 Å². The van der Waals surface area contributed by atoms with Crippen LogP contribution < -0.4 is 5.32 Å². The van der Waals surface area contributed by atoms with Crippen LogP contribution in [0.1, 0.15) is 38.8 Å². The molecule has 2 aliphatic rings. The van der Waals surface area contributed by atoms with Crippen molar-refractivity contribution in [2.75, 3.05) is 6.54 Å². The highest BCUT2D eigenvalue weighted by molar-refractivity contribution is 7.15. The quantitative estimate of drug-likeness (QED) is 0.453. The Labute approximate surface area is 199 Å². The van der Waals surface area contributed by atoms with Gasteiger partial charge in [-0.05, 0) is 49.4 Å². The van der Waals surface area contributed by atoms with Crippen molar-refractivity contribution in [2.45, 2.75) is 31.8 Å². The number of fused-ring (bicyclic) bond motifs is 2. The molecule has 2 unspecified atom stereocenters. The number of hydrogen-bond donors (Lipinski definition) is 2. The second-order valence-corrected chi connectivity index (χ2v) is 10.1. The normalized spacial score (nSPS) is 21.0. The first-order chi connectivity index (χ1) is 16.5. The molecular weight excluding hydrogens is 453 g/mol. The molecule has 2 fully saturated rings. The zero-order valence-corrected chi connectivity index (χ0v) is 19.2. The van der Waals surface area contributed by atoms with E-state index >= 15 is 0 Å². The summed E-state index contributed by atoms with van der Waals surface area (Å²) >= 11 is 1.39. The number of piperidine rings is 1. The van der Waals surface area contributed by atoms with E-state index in [1.54, 1.807) is 12.1 Å². The fourth-order valence-corrected chi connectivity index (χ4v) is 5.91. The van der Waals surface area contributed by atoms with E-state index in [2.05, 4.69) is 20.5 Å². The van der Waals surface area contributed by atoms with Crippen LogP contribution in [-0.2, 0) is 0 Å². The van der Waals surface area contributed by atoms with Gasteiger partial charge in [-0.2, -0.15) is 5.10 Å². The van der Waals surface area contributed by atoms with Crippen LogP contribution in [0, 0.1) is 18.7 Å². The minimum Gasteiger partial charge on any atom is -0.349 e. The van der Waals surface area contributed by atoms with Crippen molar-refractivity contribution in [1.29, 1.82) is 0 Å². The number of halogens is 1. The van der Waals surface area contributed by atoms with Gasteiger partial charge in [-0.3, -0.25) is 14.7 Å². The number of nitrogens with zero attached hydrogens (tertiary/aromatic N) is 3. The van der Waals surface area contributed by atoms with Gasteiger partial charge in [0.05, 0.1) is 21.4 Å². The predicted molar refractivity (Wildman–Crippen MR) is 127 cm³/mol. The monoisotopic (exact) mass is 475 g/mol. The summed E-state index contributed by atoms with van der Waals surface area (Å²) in [6.07, 6.45) is 1.81. The van der Waals surface area contributed by atoms with Crippen LogP contribution in [0.2, 0.25) is 0 Å². The Morgan fingerprint density at radius 3 is 2.88 bits per heavy atom. The highest BCUT2D eigenvalue weighted by atomic mass is 32.1. The van der Waals surface area contributed by atoms with Gasteiger partial charge >= 0.3 is 0 Å². The Hall–Kier alpha value is -3.59. The molecule has 7 nitrogen and oxygen atoms in total. The zero-order chi connectivity index (χ0) is 23.4. The van der Waals surface area contributed by atoms with E-state index in [0.29, 0.717) is 34.3 Å². The van der Waals surface area contributed by atoms with E-state index in [4.69, 9.17) is 0 Å². The lowest BCUT2D eigenvalue weighted by Crippen LogP contribution is -2.45. The first-order valence-electron chi connectivity index (χ1n) is 11.3. The predicted octanol–water partition coefficient (Wildman–Crippen LogP) is 4.17. The van der Waals surface area contributed by atoms with Gasteiger partial charge in [0.15, 0.2) is 5.69 Å². The van der Waals surface area contributed by atoms with Crippen molar-refractivity contribution in [3.05, 3.63) is 70.7 Å². The van der Waals surface area contributed by atoms with Crippen molar-refractivity contribution >= 4 is 34.1 Å². The van der Waals surface area contributed by atoms with Crippen LogP contribution in [0.4, 0.5) is 4.39 Å². The average molecular weight is 476 g/mol. The van der Waals surface area contributed by atoms with Crippen molar-refractivity contribution < 1.29 is 14.0 Å². The molecular formula is C25H22FN5O2S. The van der Waals surface area contributed by atoms with E-state index < -0.39 is 0 Å². The summed E-state index contributed by atoms with van der Waals surface area (Å²) in [5, 5.41) is 11.5. The lowest BCUT2D eigenvalue weighted by molar-refractivity contribution is 0.0684. The van der Waals surface area contributed by atoms with Crippen molar-refractivity contribution in [1.82, 2.24) is 25.4 Å². The van der Waals surface area contributed by atoms with Crippen LogP contribution in [0.25, 0.3) is 21.3 Å². The highest BCUT2D eigenvalue weighted by Gasteiger charge is 2.54. The van der Waals surface area contributed by atoms with Crippen LogP contribution in [0.5, 0.6) is 0 Å². The number of aromatic amines is 1. The molecule has 34 heavy (non-hydrogen) atoms. The van der Waals surface area contributed by atoms with Crippen molar-refractivity contribution in [2.24, 2.45) is 5.92 Å². The molecule has 3 atom stereocenters. The highest BCUT2D eigenvalue weighted by Crippen LogP contribution is 2.48. The van der Waals surface area contributed by atoms with Crippen LogP contribution >= 0.6 is 11.3 Å².